The van der Waals surface area contributed by atoms with Crippen molar-refractivity contribution in [3.8, 4) is 11.5 Å². The highest BCUT2D eigenvalue weighted by atomic mass is 16.5. The second-order valence-electron chi connectivity index (χ2n) is 5.39. The van der Waals surface area contributed by atoms with Crippen molar-refractivity contribution in [2.75, 3.05) is 27.9 Å². The summed E-state index contributed by atoms with van der Waals surface area (Å²) in [4.78, 5) is 39.6. The molecule has 26 heavy (non-hydrogen) atoms. The number of aryl methyl sites for hydroxylation is 1. The lowest BCUT2D eigenvalue weighted by Crippen LogP contribution is -2.29. The lowest BCUT2D eigenvalue weighted by atomic mass is 10.2. The molecule has 0 radical (unpaired) electrons. The Bertz CT molecular complexity index is 861. The summed E-state index contributed by atoms with van der Waals surface area (Å²) in [5, 5.41) is 2.97. The van der Waals surface area contributed by atoms with Gasteiger partial charge < -0.3 is 19.5 Å². The second-order valence-corrected chi connectivity index (χ2v) is 5.39. The topological polar surface area (TPSA) is 109 Å². The quantitative estimate of drug-likeness (QED) is 0.680. The predicted molar refractivity (Wildman–Crippen MR) is 93.4 cm³/mol. The first-order valence-corrected chi connectivity index (χ1v) is 7.94. The van der Waals surface area contributed by atoms with Crippen molar-refractivity contribution in [2.45, 2.75) is 19.4 Å². The Morgan fingerprint density at radius 2 is 1.81 bits per heavy atom. The number of nitrogens with one attached hydrogen (secondary N) is 1. The summed E-state index contributed by atoms with van der Waals surface area (Å²) in [6.07, 6.45) is 1.57. The van der Waals surface area contributed by atoms with Crippen LogP contribution in [0.5, 0.6) is 11.5 Å². The lowest BCUT2D eigenvalue weighted by molar-refractivity contribution is -0.140. The molecular weight excluding hydrogens is 342 g/mol. The van der Waals surface area contributed by atoms with E-state index in [9.17, 15) is 14.4 Å². The Morgan fingerprint density at radius 3 is 2.46 bits per heavy atom. The van der Waals surface area contributed by atoms with Gasteiger partial charge in [0, 0.05) is 25.6 Å². The van der Waals surface area contributed by atoms with Crippen LogP contribution >= 0.6 is 0 Å². The smallest absolute Gasteiger partial charge is 0.307 e. The first-order chi connectivity index (χ1) is 12.5. The zero-order chi connectivity index (χ0) is 19.1. The largest absolute Gasteiger partial charge is 0.493 e. The third-order valence-electron chi connectivity index (χ3n) is 3.79. The Morgan fingerprint density at radius 1 is 1.12 bits per heavy atom. The minimum Gasteiger partial charge on any atom is -0.493 e. The van der Waals surface area contributed by atoms with Crippen LogP contribution in [-0.4, -0.2) is 49.3 Å². The van der Waals surface area contributed by atoms with Crippen molar-refractivity contribution >= 4 is 22.8 Å². The maximum atomic E-state index is 12.6. The third-order valence-corrected chi connectivity index (χ3v) is 3.79. The molecule has 1 aromatic heterocycles. The molecule has 1 heterocycles. The Hall–Kier alpha value is -3.10. The molecule has 1 aromatic carbocycles. The van der Waals surface area contributed by atoms with Crippen molar-refractivity contribution in [3.05, 3.63) is 28.8 Å². The molecule has 1 N–H and O–H groups in total. The summed E-state index contributed by atoms with van der Waals surface area (Å²) in [6.45, 7) is 0.355. The Balaban J connectivity index is 2.08. The Labute approximate surface area is 149 Å². The number of hydrogen-bond acceptors (Lipinski definition) is 7. The number of carbonyl (C=O) groups is 2. The van der Waals surface area contributed by atoms with Gasteiger partial charge in [0.15, 0.2) is 11.5 Å². The minimum atomic E-state index is -0.398. The van der Waals surface area contributed by atoms with Gasteiger partial charge >= 0.3 is 5.97 Å². The maximum Gasteiger partial charge on any atom is 0.307 e. The summed E-state index contributed by atoms with van der Waals surface area (Å²) in [5.41, 5.74) is 0.199. The highest BCUT2D eigenvalue weighted by Crippen LogP contribution is 2.29. The van der Waals surface area contributed by atoms with Gasteiger partial charge in [0.1, 0.15) is 0 Å². The van der Waals surface area contributed by atoms with Gasteiger partial charge in [0.25, 0.3) is 5.56 Å². The van der Waals surface area contributed by atoms with Gasteiger partial charge in [0.05, 0.1) is 45.0 Å². The van der Waals surface area contributed by atoms with Crippen LogP contribution in [0.2, 0.25) is 0 Å². The summed E-state index contributed by atoms with van der Waals surface area (Å²) < 4.78 is 16.2. The molecule has 1 amide bonds. The number of amides is 1. The summed E-state index contributed by atoms with van der Waals surface area (Å²) >= 11 is 0. The number of carbonyl (C=O) groups excluding carboxylic acids is 2. The normalized spacial score (nSPS) is 10.4. The van der Waals surface area contributed by atoms with E-state index in [1.807, 2.05) is 0 Å². The van der Waals surface area contributed by atoms with E-state index in [-0.39, 0.29) is 37.4 Å². The molecule has 0 spiro atoms. The van der Waals surface area contributed by atoms with Crippen LogP contribution < -0.4 is 20.3 Å². The average molecular weight is 363 g/mol. The van der Waals surface area contributed by atoms with E-state index in [1.54, 1.807) is 12.1 Å². The number of hydrogen-bond donors (Lipinski definition) is 1. The molecule has 0 saturated carbocycles. The minimum absolute atomic E-state index is 0.0849. The van der Waals surface area contributed by atoms with Crippen molar-refractivity contribution in [3.63, 3.8) is 0 Å². The van der Waals surface area contributed by atoms with E-state index in [0.29, 0.717) is 22.4 Å². The molecule has 9 nitrogen and oxygen atoms in total. The number of fused-ring (bicyclic) bond motifs is 1. The molecule has 0 saturated heterocycles. The molecule has 0 bridgehead atoms. The van der Waals surface area contributed by atoms with Crippen molar-refractivity contribution in [1.29, 1.82) is 0 Å². The zero-order valence-corrected chi connectivity index (χ0v) is 14.9. The molecule has 9 heteroatoms. The average Bonchev–Trinajstić information content (AvgIpc) is 2.66. The first kappa shape index (κ1) is 19.2. The maximum absolute atomic E-state index is 12.6. The number of benzene rings is 1. The Kier molecular flexibility index (Phi) is 6.54. The van der Waals surface area contributed by atoms with E-state index in [4.69, 9.17) is 9.47 Å². The number of ether oxygens (including phenoxy) is 3. The van der Waals surface area contributed by atoms with E-state index < -0.39 is 5.97 Å². The number of esters is 1. The number of aromatic nitrogens is 2. The molecule has 0 aliphatic heterocycles. The van der Waals surface area contributed by atoms with Crippen molar-refractivity contribution in [1.82, 2.24) is 14.9 Å². The van der Waals surface area contributed by atoms with E-state index in [0.717, 1.165) is 0 Å². The van der Waals surface area contributed by atoms with Crippen LogP contribution in [0.1, 0.15) is 12.8 Å². The van der Waals surface area contributed by atoms with E-state index in [2.05, 4.69) is 15.0 Å². The third kappa shape index (κ3) is 4.50. The second kappa shape index (κ2) is 8.84. The van der Waals surface area contributed by atoms with E-state index >= 15 is 0 Å². The standard InChI is InChI=1S/C17H21N3O6/c1-24-13-8-11-12(9-14(13)25-2)19-10-20(17(11)23)7-5-15(21)18-6-4-16(22)26-3/h8-10H,4-7H2,1-3H3,(H,18,21). The van der Waals surface area contributed by atoms with Crippen LogP contribution in [0.4, 0.5) is 0 Å². The molecular formula is C17H21N3O6. The monoisotopic (exact) mass is 363 g/mol. The lowest BCUT2D eigenvalue weighted by Gasteiger charge is -2.10. The molecule has 0 aliphatic carbocycles. The van der Waals surface area contributed by atoms with Gasteiger partial charge in [-0.05, 0) is 6.07 Å². The van der Waals surface area contributed by atoms with Crippen LogP contribution in [0, 0.1) is 0 Å². The molecule has 0 unspecified atom stereocenters. The number of nitrogens with zero attached hydrogens (tertiary/aromatic N) is 2. The van der Waals surface area contributed by atoms with Crippen LogP contribution in [-0.2, 0) is 20.9 Å². The predicted octanol–water partition coefficient (Wildman–Crippen LogP) is 0.483. The van der Waals surface area contributed by atoms with Gasteiger partial charge in [-0.25, -0.2) is 4.98 Å². The number of methoxy groups -OCH3 is 3. The van der Waals surface area contributed by atoms with Crippen molar-refractivity contribution in [2.24, 2.45) is 0 Å². The fourth-order valence-electron chi connectivity index (χ4n) is 2.36. The van der Waals surface area contributed by atoms with Crippen molar-refractivity contribution < 1.29 is 23.8 Å². The molecule has 2 aromatic rings. The van der Waals surface area contributed by atoms with Crippen LogP contribution in [0.25, 0.3) is 10.9 Å². The fourth-order valence-corrected chi connectivity index (χ4v) is 2.36. The molecule has 0 aliphatic rings. The number of rotatable bonds is 8. The SMILES string of the molecule is COC(=O)CCNC(=O)CCn1cnc2cc(OC)c(OC)cc2c1=O. The summed E-state index contributed by atoms with van der Waals surface area (Å²) in [7, 11) is 4.27. The summed E-state index contributed by atoms with van der Waals surface area (Å²) in [5.74, 6) is 0.240. The van der Waals surface area contributed by atoms with Crippen LogP contribution in [0.3, 0.4) is 0 Å². The van der Waals surface area contributed by atoms with E-state index in [1.165, 1.54) is 32.2 Å². The van der Waals surface area contributed by atoms with Gasteiger partial charge in [-0.3, -0.25) is 19.0 Å². The zero-order valence-electron chi connectivity index (χ0n) is 14.9. The molecule has 0 atom stereocenters. The fraction of sp³-hybridized carbons (Fsp3) is 0.412. The van der Waals surface area contributed by atoms with Gasteiger partial charge in [-0.2, -0.15) is 0 Å². The van der Waals surface area contributed by atoms with Gasteiger partial charge in [-0.1, -0.05) is 0 Å². The first-order valence-electron chi connectivity index (χ1n) is 7.94. The molecule has 140 valence electrons. The highest BCUT2D eigenvalue weighted by molar-refractivity contribution is 5.81. The van der Waals surface area contributed by atoms with Gasteiger partial charge in [0.2, 0.25) is 5.91 Å². The molecule has 0 fully saturated rings. The highest BCUT2D eigenvalue weighted by Gasteiger charge is 2.12. The van der Waals surface area contributed by atoms with Gasteiger partial charge in [-0.15, -0.1) is 0 Å². The molecule has 2 rings (SSSR count). The summed E-state index contributed by atoms with van der Waals surface area (Å²) in [6, 6.07) is 3.19. The van der Waals surface area contributed by atoms with Crippen LogP contribution in [0.15, 0.2) is 23.3 Å².